The monoisotopic (exact) mass is 381 g/mol. The molecule has 27 heavy (non-hydrogen) atoms. The number of carbonyl (C=O) groups is 1. The van der Waals surface area contributed by atoms with Gasteiger partial charge in [-0.1, -0.05) is 66.8 Å². The fraction of sp³-hybridized carbons (Fsp3) is 0.0952. The first-order chi connectivity index (χ1) is 12.9. The molecule has 0 aliphatic heterocycles. The van der Waals surface area contributed by atoms with Gasteiger partial charge in [0.1, 0.15) is 0 Å². The summed E-state index contributed by atoms with van der Waals surface area (Å²) in [5.74, 6) is -0.129. The van der Waals surface area contributed by atoms with Gasteiger partial charge in [-0.3, -0.25) is 4.79 Å². The summed E-state index contributed by atoms with van der Waals surface area (Å²) in [5, 5.41) is 10.5. The van der Waals surface area contributed by atoms with Gasteiger partial charge in [-0.25, -0.2) is 8.42 Å². The van der Waals surface area contributed by atoms with E-state index in [1.807, 2.05) is 6.07 Å². The molecule has 0 aromatic heterocycles. The van der Waals surface area contributed by atoms with E-state index in [0.29, 0.717) is 11.1 Å². The molecule has 1 atom stereocenters. The van der Waals surface area contributed by atoms with Crippen molar-refractivity contribution < 1.29 is 18.3 Å². The van der Waals surface area contributed by atoms with Crippen molar-refractivity contribution in [1.29, 1.82) is 0 Å². The van der Waals surface area contributed by atoms with Crippen LogP contribution in [0.1, 0.15) is 16.8 Å². The Kier molecular flexibility index (Phi) is 5.51. The van der Waals surface area contributed by atoms with Crippen LogP contribution in [0.25, 0.3) is 0 Å². The third-order valence-electron chi connectivity index (χ3n) is 4.05. The van der Waals surface area contributed by atoms with E-state index in [1.165, 1.54) is 24.3 Å². The fourth-order valence-corrected chi connectivity index (χ4v) is 3.85. The molecule has 0 spiro atoms. The first kappa shape index (κ1) is 19.0. The molecule has 2 aromatic carbocycles. The van der Waals surface area contributed by atoms with Gasteiger partial charge in [0.05, 0.1) is 4.90 Å². The number of benzene rings is 2. The highest BCUT2D eigenvalue weighted by Gasteiger charge is 2.31. The molecule has 0 saturated heterocycles. The predicted octanol–water partition coefficient (Wildman–Crippen LogP) is 2.98. The Morgan fingerprint density at radius 3 is 2.26 bits per heavy atom. The zero-order chi connectivity index (χ0) is 19.3. The minimum absolute atomic E-state index is 0.0504. The molecule has 0 saturated carbocycles. The van der Waals surface area contributed by atoms with Crippen molar-refractivity contribution in [2.75, 3.05) is 0 Å². The van der Waals surface area contributed by atoms with Crippen LogP contribution in [-0.2, 0) is 10.0 Å². The normalized spacial score (nSPS) is 19.8. The van der Waals surface area contributed by atoms with Crippen molar-refractivity contribution in [1.82, 2.24) is 4.72 Å². The minimum Gasteiger partial charge on any atom is -0.371 e. The summed E-state index contributed by atoms with van der Waals surface area (Å²) < 4.78 is 27.1. The van der Waals surface area contributed by atoms with Crippen molar-refractivity contribution in [2.24, 2.45) is 0 Å². The second-order valence-electron chi connectivity index (χ2n) is 6.15. The molecule has 5 nitrogen and oxygen atoms in total. The molecule has 2 aromatic rings. The van der Waals surface area contributed by atoms with Gasteiger partial charge in [0.2, 0.25) is 10.0 Å². The summed E-state index contributed by atoms with van der Waals surface area (Å²) in [6, 6.07) is 16.7. The summed E-state index contributed by atoms with van der Waals surface area (Å²) in [4.78, 5) is 12.2. The van der Waals surface area contributed by atoms with Crippen molar-refractivity contribution in [3.05, 3.63) is 102 Å². The van der Waals surface area contributed by atoms with Gasteiger partial charge < -0.3 is 5.11 Å². The van der Waals surface area contributed by atoms with Crippen molar-refractivity contribution in [2.45, 2.75) is 17.0 Å². The van der Waals surface area contributed by atoms with Crippen molar-refractivity contribution in [3.63, 3.8) is 0 Å². The molecule has 3 rings (SSSR count). The Hall–Kier alpha value is -2.80. The molecule has 0 fully saturated rings. The van der Waals surface area contributed by atoms with Gasteiger partial charge >= 0.3 is 0 Å². The summed E-state index contributed by atoms with van der Waals surface area (Å²) in [7, 11) is -3.85. The molecule has 6 heteroatoms. The van der Waals surface area contributed by atoms with E-state index in [0.717, 1.165) is 0 Å². The lowest BCUT2D eigenvalue weighted by molar-refractivity contribution is 0.0812. The molecule has 0 heterocycles. The van der Waals surface area contributed by atoms with Crippen LogP contribution in [0.15, 0.2) is 102 Å². The Labute approximate surface area is 158 Å². The Morgan fingerprint density at radius 2 is 1.67 bits per heavy atom. The highest BCUT2D eigenvalue weighted by Crippen LogP contribution is 2.22. The summed E-state index contributed by atoms with van der Waals surface area (Å²) in [5.41, 5.74) is -0.417. The van der Waals surface area contributed by atoms with Crippen molar-refractivity contribution in [3.8, 4) is 0 Å². The highest BCUT2D eigenvalue weighted by molar-refractivity contribution is 7.89. The lowest BCUT2D eigenvalue weighted by atomic mass is 9.99. The SMILES string of the molecule is O=C(C=CC1=CCC(O)(NS(=O)(=O)c2ccccc2)C=C1)c1ccccc1. The lowest BCUT2D eigenvalue weighted by Gasteiger charge is -2.27. The molecule has 138 valence electrons. The van der Waals surface area contributed by atoms with Gasteiger partial charge in [-0.15, -0.1) is 0 Å². The summed E-state index contributed by atoms with van der Waals surface area (Å²) in [6.45, 7) is 0. The number of rotatable bonds is 6. The van der Waals surface area contributed by atoms with Gasteiger partial charge in [-0.05, 0) is 29.9 Å². The predicted molar refractivity (Wildman–Crippen MR) is 103 cm³/mol. The fourth-order valence-electron chi connectivity index (χ4n) is 2.60. The quantitative estimate of drug-likeness (QED) is 0.458. The standard InChI is InChI=1S/C21H19NO4S/c23-20(18-7-3-1-4-8-18)12-11-17-13-15-21(24,16-14-17)22-27(25,26)19-9-5-2-6-10-19/h1-15,22,24H,16H2. The van der Waals surface area contributed by atoms with E-state index < -0.39 is 15.7 Å². The van der Waals surface area contributed by atoms with Gasteiger partial charge in [0, 0.05) is 12.0 Å². The minimum atomic E-state index is -3.85. The van der Waals surface area contributed by atoms with E-state index >= 15 is 0 Å². The molecule has 1 aliphatic carbocycles. The van der Waals surface area contributed by atoms with Crippen LogP contribution >= 0.6 is 0 Å². The average Bonchev–Trinajstić information content (AvgIpc) is 2.68. The van der Waals surface area contributed by atoms with Crippen LogP contribution in [0, 0.1) is 0 Å². The van der Waals surface area contributed by atoms with E-state index in [9.17, 15) is 18.3 Å². The molecule has 1 aliphatic rings. The first-order valence-electron chi connectivity index (χ1n) is 8.36. The zero-order valence-corrected chi connectivity index (χ0v) is 15.3. The molecule has 0 radical (unpaired) electrons. The van der Waals surface area contributed by atoms with Gasteiger partial charge in [0.15, 0.2) is 11.5 Å². The van der Waals surface area contributed by atoms with E-state index in [1.54, 1.807) is 60.7 Å². The van der Waals surface area contributed by atoms with Crippen LogP contribution < -0.4 is 4.72 Å². The third kappa shape index (κ3) is 4.89. The molecule has 0 bridgehead atoms. The van der Waals surface area contributed by atoms with Gasteiger partial charge in [-0.2, -0.15) is 4.72 Å². The number of hydrogen-bond acceptors (Lipinski definition) is 4. The molecular weight excluding hydrogens is 362 g/mol. The number of allylic oxidation sites excluding steroid dienone is 4. The topological polar surface area (TPSA) is 83.5 Å². The number of ketones is 1. The molecule has 2 N–H and O–H groups in total. The second-order valence-corrected chi connectivity index (χ2v) is 7.83. The van der Waals surface area contributed by atoms with Crippen LogP contribution in [0.3, 0.4) is 0 Å². The third-order valence-corrected chi connectivity index (χ3v) is 5.57. The van der Waals surface area contributed by atoms with Crippen LogP contribution in [0.4, 0.5) is 0 Å². The van der Waals surface area contributed by atoms with Gasteiger partial charge in [0.25, 0.3) is 0 Å². The molecular formula is C21H19NO4S. The number of sulfonamides is 1. The van der Waals surface area contributed by atoms with Crippen LogP contribution in [-0.4, -0.2) is 25.0 Å². The second kappa shape index (κ2) is 7.84. The van der Waals surface area contributed by atoms with E-state index in [2.05, 4.69) is 4.72 Å². The zero-order valence-electron chi connectivity index (χ0n) is 14.4. The van der Waals surface area contributed by atoms with E-state index in [-0.39, 0.29) is 17.1 Å². The Bertz CT molecular complexity index is 1010. The number of aliphatic hydroxyl groups is 1. The Balaban J connectivity index is 1.66. The molecule has 1 unspecified atom stereocenters. The van der Waals surface area contributed by atoms with Crippen LogP contribution in [0.2, 0.25) is 0 Å². The average molecular weight is 381 g/mol. The smallest absolute Gasteiger partial charge is 0.243 e. The molecule has 0 amide bonds. The largest absolute Gasteiger partial charge is 0.371 e. The number of nitrogens with one attached hydrogen (secondary N) is 1. The maximum Gasteiger partial charge on any atom is 0.243 e. The first-order valence-corrected chi connectivity index (χ1v) is 9.85. The van der Waals surface area contributed by atoms with Crippen LogP contribution in [0.5, 0.6) is 0 Å². The maximum atomic E-state index is 12.4. The number of carbonyl (C=O) groups excluding carboxylic acids is 1. The maximum absolute atomic E-state index is 12.4. The highest BCUT2D eigenvalue weighted by atomic mass is 32.2. The summed E-state index contributed by atoms with van der Waals surface area (Å²) >= 11 is 0. The van der Waals surface area contributed by atoms with E-state index in [4.69, 9.17) is 0 Å². The van der Waals surface area contributed by atoms with Crippen molar-refractivity contribution >= 4 is 15.8 Å². The lowest BCUT2D eigenvalue weighted by Crippen LogP contribution is -2.47. The Morgan fingerprint density at radius 1 is 1.04 bits per heavy atom. The summed E-state index contributed by atoms with van der Waals surface area (Å²) in [6.07, 6.45) is 7.75. The number of hydrogen-bond donors (Lipinski definition) is 2.